The van der Waals surface area contributed by atoms with Gasteiger partial charge in [0.15, 0.2) is 0 Å². The van der Waals surface area contributed by atoms with Crippen molar-refractivity contribution in [3.05, 3.63) is 58.6 Å². The highest BCUT2D eigenvalue weighted by molar-refractivity contribution is 6.30. The molecule has 0 radical (unpaired) electrons. The van der Waals surface area contributed by atoms with E-state index in [1.54, 1.807) is 19.1 Å². The molecule has 0 aliphatic heterocycles. The summed E-state index contributed by atoms with van der Waals surface area (Å²) in [5.74, 6) is 0.0632. The van der Waals surface area contributed by atoms with Gasteiger partial charge in [0.05, 0.1) is 5.56 Å². The van der Waals surface area contributed by atoms with Gasteiger partial charge in [-0.15, -0.1) is 0 Å². The fourth-order valence-electron chi connectivity index (χ4n) is 1.99. The number of hydrogen-bond donors (Lipinski definition) is 2. The molecule has 2 aromatic rings. The van der Waals surface area contributed by atoms with Crippen LogP contribution >= 0.6 is 11.6 Å². The van der Waals surface area contributed by atoms with E-state index in [4.69, 9.17) is 11.6 Å². The maximum absolute atomic E-state index is 13.0. The van der Waals surface area contributed by atoms with Crippen LogP contribution in [0.3, 0.4) is 0 Å². The van der Waals surface area contributed by atoms with Crippen LogP contribution < -0.4 is 5.32 Å². The predicted molar refractivity (Wildman–Crippen MR) is 76.6 cm³/mol. The molecule has 0 bridgehead atoms. The van der Waals surface area contributed by atoms with E-state index in [9.17, 15) is 18.3 Å². The van der Waals surface area contributed by atoms with Crippen molar-refractivity contribution in [2.45, 2.75) is 19.1 Å². The van der Waals surface area contributed by atoms with Crippen LogP contribution in [-0.4, -0.2) is 5.11 Å². The molecule has 0 saturated carbocycles. The van der Waals surface area contributed by atoms with Gasteiger partial charge in [-0.2, -0.15) is 13.2 Å². The summed E-state index contributed by atoms with van der Waals surface area (Å²) in [7, 11) is 0. The second-order valence-electron chi connectivity index (χ2n) is 4.65. The molecular weight excluding hydrogens is 303 g/mol. The Bertz CT molecular complexity index is 643. The van der Waals surface area contributed by atoms with Crippen LogP contribution in [0.25, 0.3) is 0 Å². The summed E-state index contributed by atoms with van der Waals surface area (Å²) in [6.07, 6.45) is -4.49. The summed E-state index contributed by atoms with van der Waals surface area (Å²) in [6, 6.07) is 9.54. The number of rotatable bonds is 3. The fourth-order valence-corrected chi connectivity index (χ4v) is 2.16. The van der Waals surface area contributed by atoms with E-state index in [1.807, 2.05) is 0 Å². The molecule has 0 fully saturated rings. The lowest BCUT2D eigenvalue weighted by Gasteiger charge is -2.20. The summed E-state index contributed by atoms with van der Waals surface area (Å²) in [5.41, 5.74) is -0.192. The van der Waals surface area contributed by atoms with E-state index in [0.29, 0.717) is 5.56 Å². The molecule has 6 heteroatoms. The molecule has 0 amide bonds. The molecule has 0 aliphatic rings. The summed E-state index contributed by atoms with van der Waals surface area (Å²) in [5, 5.41) is 12.2. The molecule has 2 aromatic carbocycles. The van der Waals surface area contributed by atoms with Crippen LogP contribution in [0.1, 0.15) is 24.1 Å². The zero-order chi connectivity index (χ0) is 15.6. The molecule has 0 aliphatic carbocycles. The Morgan fingerprint density at radius 2 is 1.86 bits per heavy atom. The summed E-state index contributed by atoms with van der Waals surface area (Å²) in [6.45, 7) is 1.71. The Kier molecular flexibility index (Phi) is 4.32. The van der Waals surface area contributed by atoms with Gasteiger partial charge in [-0.3, -0.25) is 0 Å². The number of nitrogens with one attached hydrogen (secondary N) is 1. The average Bonchev–Trinajstić information content (AvgIpc) is 2.39. The zero-order valence-corrected chi connectivity index (χ0v) is 11.8. The lowest BCUT2D eigenvalue weighted by molar-refractivity contribution is -0.137. The van der Waals surface area contributed by atoms with Gasteiger partial charge in [-0.1, -0.05) is 23.7 Å². The molecule has 2 N–H and O–H groups in total. The molecule has 0 saturated heterocycles. The number of phenolic OH excluding ortho intramolecular Hbond substituents is 1. The third-order valence-corrected chi connectivity index (χ3v) is 3.26. The minimum Gasteiger partial charge on any atom is -0.508 e. The van der Waals surface area contributed by atoms with E-state index in [0.717, 1.165) is 6.07 Å². The number of benzene rings is 2. The normalized spacial score (nSPS) is 13.0. The lowest BCUT2D eigenvalue weighted by Crippen LogP contribution is -2.13. The minimum absolute atomic E-state index is 0.0258. The van der Waals surface area contributed by atoms with Crippen LogP contribution in [0, 0.1) is 0 Å². The van der Waals surface area contributed by atoms with Gasteiger partial charge in [-0.25, -0.2) is 0 Å². The van der Waals surface area contributed by atoms with E-state index in [2.05, 4.69) is 5.32 Å². The number of alkyl halides is 3. The Morgan fingerprint density at radius 1 is 1.14 bits per heavy atom. The Hall–Kier alpha value is -1.88. The number of halogens is 4. The van der Waals surface area contributed by atoms with Gasteiger partial charge >= 0.3 is 6.18 Å². The molecule has 2 nitrogen and oxygen atoms in total. The molecule has 0 spiro atoms. The monoisotopic (exact) mass is 315 g/mol. The second-order valence-corrected chi connectivity index (χ2v) is 5.09. The van der Waals surface area contributed by atoms with Gasteiger partial charge < -0.3 is 10.4 Å². The van der Waals surface area contributed by atoms with Crippen molar-refractivity contribution in [2.75, 3.05) is 5.32 Å². The van der Waals surface area contributed by atoms with Crippen LogP contribution in [0.4, 0.5) is 18.9 Å². The van der Waals surface area contributed by atoms with Crippen molar-refractivity contribution < 1.29 is 18.3 Å². The number of anilines is 1. The Balaban J connectivity index is 2.31. The van der Waals surface area contributed by atoms with Crippen molar-refractivity contribution in [3.8, 4) is 5.75 Å². The second kappa shape index (κ2) is 5.85. The topological polar surface area (TPSA) is 32.3 Å². The first-order valence-corrected chi connectivity index (χ1v) is 6.57. The van der Waals surface area contributed by atoms with Crippen molar-refractivity contribution in [1.29, 1.82) is 0 Å². The van der Waals surface area contributed by atoms with Gasteiger partial charge in [-0.05, 0) is 42.8 Å². The molecule has 0 aromatic heterocycles. The predicted octanol–water partition coefficient (Wildman–Crippen LogP) is 5.24. The number of aromatic hydroxyl groups is 1. The van der Waals surface area contributed by atoms with Crippen molar-refractivity contribution in [3.63, 3.8) is 0 Å². The summed E-state index contributed by atoms with van der Waals surface area (Å²) >= 11 is 5.64. The minimum atomic E-state index is -4.49. The smallest absolute Gasteiger partial charge is 0.418 e. The van der Waals surface area contributed by atoms with Gasteiger partial charge in [0.2, 0.25) is 0 Å². The quantitative estimate of drug-likeness (QED) is 0.812. The summed E-state index contributed by atoms with van der Waals surface area (Å²) in [4.78, 5) is 0. The molecular formula is C15H13ClF3NO. The zero-order valence-electron chi connectivity index (χ0n) is 11.1. The fraction of sp³-hybridized carbons (Fsp3) is 0.200. The Labute approximate surface area is 125 Å². The third-order valence-electron chi connectivity index (χ3n) is 3.03. The van der Waals surface area contributed by atoms with Crippen LogP contribution in [0.2, 0.25) is 5.02 Å². The van der Waals surface area contributed by atoms with Crippen molar-refractivity contribution in [2.24, 2.45) is 0 Å². The van der Waals surface area contributed by atoms with Gasteiger partial charge in [0.25, 0.3) is 0 Å². The van der Waals surface area contributed by atoms with Crippen molar-refractivity contribution in [1.82, 2.24) is 0 Å². The number of phenols is 1. The van der Waals surface area contributed by atoms with E-state index in [-0.39, 0.29) is 16.5 Å². The lowest BCUT2D eigenvalue weighted by atomic mass is 10.1. The van der Waals surface area contributed by atoms with Gasteiger partial charge in [0, 0.05) is 16.8 Å². The van der Waals surface area contributed by atoms with E-state index in [1.165, 1.54) is 24.3 Å². The first-order valence-electron chi connectivity index (χ1n) is 6.19. The highest BCUT2D eigenvalue weighted by atomic mass is 35.5. The van der Waals surface area contributed by atoms with Crippen LogP contribution in [0.15, 0.2) is 42.5 Å². The SMILES string of the molecule is CC(Nc1ccc(Cl)cc1C(F)(F)F)c1cccc(O)c1. The standard InChI is InChI=1S/C15H13ClF3NO/c1-9(10-3-2-4-12(21)7-10)20-14-6-5-11(16)8-13(14)15(17,18)19/h2-9,20-21H,1H3. The molecule has 1 atom stereocenters. The van der Waals surface area contributed by atoms with E-state index < -0.39 is 17.8 Å². The molecule has 2 rings (SSSR count). The average molecular weight is 316 g/mol. The molecule has 0 heterocycles. The molecule has 112 valence electrons. The highest BCUT2D eigenvalue weighted by Crippen LogP contribution is 2.37. The van der Waals surface area contributed by atoms with Crippen LogP contribution in [-0.2, 0) is 6.18 Å². The molecule has 1 unspecified atom stereocenters. The largest absolute Gasteiger partial charge is 0.508 e. The van der Waals surface area contributed by atoms with Crippen molar-refractivity contribution >= 4 is 17.3 Å². The van der Waals surface area contributed by atoms with Crippen LogP contribution in [0.5, 0.6) is 5.75 Å². The molecule has 21 heavy (non-hydrogen) atoms. The first-order chi connectivity index (χ1) is 9.77. The number of hydrogen-bond acceptors (Lipinski definition) is 2. The highest BCUT2D eigenvalue weighted by Gasteiger charge is 2.34. The Morgan fingerprint density at radius 3 is 2.48 bits per heavy atom. The maximum Gasteiger partial charge on any atom is 0.418 e. The maximum atomic E-state index is 13.0. The van der Waals surface area contributed by atoms with E-state index >= 15 is 0 Å². The summed E-state index contributed by atoms with van der Waals surface area (Å²) < 4.78 is 39.0. The third kappa shape index (κ3) is 3.82. The first kappa shape index (κ1) is 15.5. The van der Waals surface area contributed by atoms with Gasteiger partial charge in [0.1, 0.15) is 5.75 Å².